The number of aromatic nitrogens is 4. The van der Waals surface area contributed by atoms with Crippen molar-refractivity contribution in [2.45, 2.75) is 24.7 Å². The lowest BCUT2D eigenvalue weighted by molar-refractivity contribution is 0.600. The standard InChI is InChI=1S/C15H16FN5O2S/c1-10(2)13-7-15(19-18-13)20-24(22,23)11-8-17-21(9-11)14-6-4-3-5-12(14)16/h3-10H,1-2H3,(H2,18,19,20). The average molecular weight is 349 g/mol. The first-order valence-electron chi connectivity index (χ1n) is 7.24. The number of nitrogens with one attached hydrogen (secondary N) is 2. The Balaban J connectivity index is 1.86. The first-order valence-corrected chi connectivity index (χ1v) is 8.73. The summed E-state index contributed by atoms with van der Waals surface area (Å²) in [7, 11) is -3.86. The highest BCUT2D eigenvalue weighted by Crippen LogP contribution is 2.19. The third-order valence-electron chi connectivity index (χ3n) is 3.43. The van der Waals surface area contributed by atoms with E-state index in [1.165, 1.54) is 23.0 Å². The molecule has 0 saturated carbocycles. The summed E-state index contributed by atoms with van der Waals surface area (Å²) in [5, 5.41) is 10.6. The van der Waals surface area contributed by atoms with E-state index in [1.54, 1.807) is 18.2 Å². The molecule has 0 spiro atoms. The summed E-state index contributed by atoms with van der Waals surface area (Å²) >= 11 is 0. The van der Waals surface area contributed by atoms with Gasteiger partial charge in [-0.1, -0.05) is 26.0 Å². The van der Waals surface area contributed by atoms with E-state index >= 15 is 0 Å². The number of halogens is 1. The molecule has 0 fully saturated rings. The molecular formula is C15H16FN5O2S. The van der Waals surface area contributed by atoms with Crippen LogP contribution in [0.25, 0.3) is 5.69 Å². The predicted molar refractivity (Wildman–Crippen MR) is 87.0 cm³/mol. The molecule has 9 heteroatoms. The fraction of sp³-hybridized carbons (Fsp3) is 0.200. The number of aromatic amines is 1. The van der Waals surface area contributed by atoms with E-state index in [1.807, 2.05) is 13.8 Å². The van der Waals surface area contributed by atoms with Crippen LogP contribution in [0.3, 0.4) is 0 Å². The largest absolute Gasteiger partial charge is 0.280 e. The van der Waals surface area contributed by atoms with E-state index in [9.17, 15) is 12.8 Å². The molecule has 0 saturated heterocycles. The third-order valence-corrected chi connectivity index (χ3v) is 4.74. The van der Waals surface area contributed by atoms with Crippen LogP contribution in [0.1, 0.15) is 25.5 Å². The number of rotatable bonds is 5. The Morgan fingerprint density at radius 3 is 2.71 bits per heavy atom. The molecule has 0 aliphatic carbocycles. The fourth-order valence-corrected chi connectivity index (χ4v) is 3.02. The van der Waals surface area contributed by atoms with Crippen LogP contribution >= 0.6 is 0 Å². The summed E-state index contributed by atoms with van der Waals surface area (Å²) in [4.78, 5) is -0.0835. The van der Waals surface area contributed by atoms with Crippen molar-refractivity contribution in [3.8, 4) is 5.69 Å². The molecule has 0 aliphatic heterocycles. The molecule has 3 rings (SSSR count). The molecule has 1 aromatic carbocycles. The molecular weight excluding hydrogens is 333 g/mol. The van der Waals surface area contributed by atoms with E-state index in [0.29, 0.717) is 0 Å². The quantitative estimate of drug-likeness (QED) is 0.741. The molecule has 0 bridgehead atoms. The molecule has 0 atom stereocenters. The summed E-state index contributed by atoms with van der Waals surface area (Å²) < 4.78 is 42.1. The van der Waals surface area contributed by atoms with Crippen molar-refractivity contribution in [3.63, 3.8) is 0 Å². The van der Waals surface area contributed by atoms with Gasteiger partial charge in [0.15, 0.2) is 5.82 Å². The SMILES string of the molecule is CC(C)c1cc(NS(=O)(=O)c2cnn(-c3ccccc3F)c2)n[nH]1. The van der Waals surface area contributed by atoms with Crippen LogP contribution < -0.4 is 4.72 Å². The van der Waals surface area contributed by atoms with Crippen molar-refractivity contribution in [2.24, 2.45) is 0 Å². The second-order valence-corrected chi connectivity index (χ2v) is 7.22. The van der Waals surface area contributed by atoms with Crippen LogP contribution in [0, 0.1) is 5.82 Å². The van der Waals surface area contributed by atoms with Gasteiger partial charge in [0.1, 0.15) is 16.4 Å². The summed E-state index contributed by atoms with van der Waals surface area (Å²) in [6.45, 7) is 3.93. The molecule has 0 radical (unpaired) electrons. The van der Waals surface area contributed by atoms with Gasteiger partial charge in [-0.3, -0.25) is 9.82 Å². The van der Waals surface area contributed by atoms with Crippen molar-refractivity contribution < 1.29 is 12.8 Å². The van der Waals surface area contributed by atoms with Gasteiger partial charge in [-0.05, 0) is 18.1 Å². The molecule has 126 valence electrons. The van der Waals surface area contributed by atoms with Gasteiger partial charge >= 0.3 is 0 Å². The number of benzene rings is 1. The maximum absolute atomic E-state index is 13.8. The van der Waals surface area contributed by atoms with E-state index in [0.717, 1.165) is 11.9 Å². The highest BCUT2D eigenvalue weighted by Gasteiger charge is 2.19. The third kappa shape index (κ3) is 3.16. The fourth-order valence-electron chi connectivity index (χ4n) is 2.10. The lowest BCUT2D eigenvalue weighted by Gasteiger charge is -2.03. The Hall–Kier alpha value is -2.68. The van der Waals surface area contributed by atoms with Gasteiger partial charge in [0, 0.05) is 11.8 Å². The Morgan fingerprint density at radius 2 is 2.04 bits per heavy atom. The maximum atomic E-state index is 13.8. The first-order chi connectivity index (χ1) is 11.4. The number of H-pyrrole nitrogens is 1. The highest BCUT2D eigenvalue weighted by atomic mass is 32.2. The predicted octanol–water partition coefficient (Wildman–Crippen LogP) is 2.66. The van der Waals surface area contributed by atoms with E-state index in [-0.39, 0.29) is 22.3 Å². The Bertz CT molecular complexity index is 962. The molecule has 0 aliphatic rings. The smallest absolute Gasteiger partial charge is 0.266 e. The zero-order valence-electron chi connectivity index (χ0n) is 13.1. The average Bonchev–Trinajstić information content (AvgIpc) is 3.16. The Labute approximate surface area is 138 Å². The normalized spacial score (nSPS) is 11.8. The molecule has 2 heterocycles. The minimum Gasteiger partial charge on any atom is -0.280 e. The molecule has 0 unspecified atom stereocenters. The van der Waals surface area contributed by atoms with Gasteiger partial charge in [0.2, 0.25) is 0 Å². The molecule has 2 aromatic heterocycles. The van der Waals surface area contributed by atoms with E-state index in [2.05, 4.69) is 20.0 Å². The van der Waals surface area contributed by atoms with Gasteiger partial charge in [0.25, 0.3) is 10.0 Å². The lowest BCUT2D eigenvalue weighted by Crippen LogP contribution is -2.12. The first kappa shape index (κ1) is 16.2. The van der Waals surface area contributed by atoms with Crippen molar-refractivity contribution in [1.82, 2.24) is 20.0 Å². The minimum atomic E-state index is -3.86. The van der Waals surface area contributed by atoms with Crippen LogP contribution in [0.4, 0.5) is 10.2 Å². The topological polar surface area (TPSA) is 92.7 Å². The summed E-state index contributed by atoms with van der Waals surface area (Å²) in [5.74, 6) is -0.108. The van der Waals surface area contributed by atoms with Crippen molar-refractivity contribution in [3.05, 3.63) is 54.2 Å². The number of anilines is 1. The number of para-hydroxylation sites is 1. The van der Waals surface area contributed by atoms with Crippen LogP contribution in [-0.2, 0) is 10.0 Å². The summed E-state index contributed by atoms with van der Waals surface area (Å²) in [6.07, 6.45) is 2.40. The zero-order valence-corrected chi connectivity index (χ0v) is 13.9. The molecule has 2 N–H and O–H groups in total. The van der Waals surface area contributed by atoms with Crippen LogP contribution in [-0.4, -0.2) is 28.4 Å². The van der Waals surface area contributed by atoms with Gasteiger partial charge in [-0.2, -0.15) is 10.2 Å². The lowest BCUT2D eigenvalue weighted by atomic mass is 10.1. The number of hydrogen-bond donors (Lipinski definition) is 2. The van der Waals surface area contributed by atoms with Gasteiger partial charge < -0.3 is 0 Å². The van der Waals surface area contributed by atoms with Crippen LogP contribution in [0.2, 0.25) is 0 Å². The molecule has 0 amide bonds. The number of nitrogens with zero attached hydrogens (tertiary/aromatic N) is 3. The van der Waals surface area contributed by atoms with Crippen LogP contribution in [0.15, 0.2) is 47.6 Å². The second-order valence-electron chi connectivity index (χ2n) is 5.54. The van der Waals surface area contributed by atoms with E-state index in [4.69, 9.17) is 0 Å². The zero-order chi connectivity index (χ0) is 17.3. The Kier molecular flexibility index (Phi) is 4.10. The minimum absolute atomic E-state index is 0.0835. The number of hydrogen-bond acceptors (Lipinski definition) is 4. The highest BCUT2D eigenvalue weighted by molar-refractivity contribution is 7.92. The van der Waals surface area contributed by atoms with E-state index < -0.39 is 15.8 Å². The van der Waals surface area contributed by atoms with Crippen molar-refractivity contribution in [2.75, 3.05) is 4.72 Å². The molecule has 24 heavy (non-hydrogen) atoms. The number of sulfonamides is 1. The van der Waals surface area contributed by atoms with Crippen molar-refractivity contribution in [1.29, 1.82) is 0 Å². The summed E-state index contributed by atoms with van der Waals surface area (Å²) in [6, 6.07) is 7.61. The molecule has 7 nitrogen and oxygen atoms in total. The van der Waals surface area contributed by atoms with Gasteiger partial charge in [-0.15, -0.1) is 0 Å². The summed E-state index contributed by atoms with van der Waals surface area (Å²) in [5.41, 5.74) is 0.982. The maximum Gasteiger partial charge on any atom is 0.266 e. The van der Waals surface area contributed by atoms with Crippen molar-refractivity contribution >= 4 is 15.8 Å². The Morgan fingerprint density at radius 1 is 1.29 bits per heavy atom. The monoisotopic (exact) mass is 349 g/mol. The van der Waals surface area contributed by atoms with Crippen LogP contribution in [0.5, 0.6) is 0 Å². The van der Waals surface area contributed by atoms with Gasteiger partial charge in [-0.25, -0.2) is 17.5 Å². The van der Waals surface area contributed by atoms with Gasteiger partial charge in [0.05, 0.1) is 12.4 Å². The molecule has 3 aromatic rings. The second kappa shape index (κ2) is 6.08.